The van der Waals surface area contributed by atoms with Crippen molar-refractivity contribution < 1.29 is 22.6 Å². The number of hydrogen-bond acceptors (Lipinski definition) is 5. The fourth-order valence-electron chi connectivity index (χ4n) is 1.48. The van der Waals surface area contributed by atoms with E-state index in [4.69, 9.17) is 14.2 Å². The molecule has 0 heterocycles. The first-order chi connectivity index (χ1) is 9.03. The molecule has 0 aliphatic carbocycles. The third-order valence-electron chi connectivity index (χ3n) is 2.57. The van der Waals surface area contributed by atoms with Crippen molar-refractivity contribution in [1.82, 2.24) is 4.72 Å². The molecule has 0 unspecified atom stereocenters. The van der Waals surface area contributed by atoms with Gasteiger partial charge in [0.1, 0.15) is 5.75 Å². The van der Waals surface area contributed by atoms with Gasteiger partial charge in [-0.05, 0) is 24.3 Å². The Kier molecular flexibility index (Phi) is 6.23. The van der Waals surface area contributed by atoms with Gasteiger partial charge in [0.05, 0.1) is 12.0 Å². The predicted octanol–water partition coefficient (Wildman–Crippen LogP) is 0.982. The number of ether oxygens (including phenoxy) is 3. The lowest BCUT2D eigenvalue weighted by molar-refractivity contribution is -0.104. The first kappa shape index (κ1) is 15.9. The molecule has 0 atom stereocenters. The van der Waals surface area contributed by atoms with Crippen molar-refractivity contribution in [2.45, 2.75) is 17.6 Å². The maximum atomic E-state index is 12.0. The Morgan fingerprint density at radius 2 is 1.68 bits per heavy atom. The van der Waals surface area contributed by atoms with Crippen LogP contribution in [0.25, 0.3) is 0 Å². The fourth-order valence-corrected chi connectivity index (χ4v) is 2.53. The third-order valence-corrected chi connectivity index (χ3v) is 4.04. The van der Waals surface area contributed by atoms with Crippen LogP contribution in [0.3, 0.4) is 0 Å². The second-order valence-corrected chi connectivity index (χ2v) is 5.53. The second-order valence-electron chi connectivity index (χ2n) is 3.76. The quantitative estimate of drug-likeness (QED) is 0.722. The smallest absolute Gasteiger partial charge is 0.240 e. The van der Waals surface area contributed by atoms with Crippen molar-refractivity contribution in [2.24, 2.45) is 0 Å². The van der Waals surface area contributed by atoms with E-state index in [9.17, 15) is 8.42 Å². The van der Waals surface area contributed by atoms with Gasteiger partial charge >= 0.3 is 0 Å². The van der Waals surface area contributed by atoms with Gasteiger partial charge in [0.2, 0.25) is 10.0 Å². The number of sulfonamides is 1. The van der Waals surface area contributed by atoms with Gasteiger partial charge in [-0.15, -0.1) is 0 Å². The van der Waals surface area contributed by atoms with Crippen molar-refractivity contribution in [3.05, 3.63) is 24.3 Å². The number of rotatable bonds is 8. The average Bonchev–Trinajstić information content (AvgIpc) is 2.43. The standard InChI is InChI=1S/C12H19NO5S/c1-16-10-4-6-11(7-5-10)19(14,15)13-9-8-12(17-2)18-3/h4-7,12-13H,8-9H2,1-3H3. The summed E-state index contributed by atoms with van der Waals surface area (Å²) < 4.78 is 41.3. The van der Waals surface area contributed by atoms with Crippen LogP contribution in [-0.4, -0.2) is 42.6 Å². The summed E-state index contributed by atoms with van der Waals surface area (Å²) in [5.41, 5.74) is 0. The van der Waals surface area contributed by atoms with Gasteiger partial charge in [0.15, 0.2) is 6.29 Å². The molecular formula is C12H19NO5S. The van der Waals surface area contributed by atoms with E-state index < -0.39 is 16.3 Å². The van der Waals surface area contributed by atoms with Crippen molar-refractivity contribution in [1.29, 1.82) is 0 Å². The Balaban J connectivity index is 2.60. The minimum atomic E-state index is -3.51. The van der Waals surface area contributed by atoms with Crippen LogP contribution >= 0.6 is 0 Å². The van der Waals surface area contributed by atoms with Crippen LogP contribution < -0.4 is 9.46 Å². The first-order valence-electron chi connectivity index (χ1n) is 5.73. The molecule has 0 aromatic heterocycles. The molecule has 7 heteroatoms. The van der Waals surface area contributed by atoms with Crippen molar-refractivity contribution in [3.63, 3.8) is 0 Å². The molecule has 1 rings (SSSR count). The van der Waals surface area contributed by atoms with E-state index in [0.717, 1.165) is 0 Å². The predicted molar refractivity (Wildman–Crippen MR) is 70.6 cm³/mol. The van der Waals surface area contributed by atoms with Gasteiger partial charge in [-0.3, -0.25) is 0 Å². The molecule has 0 amide bonds. The van der Waals surface area contributed by atoms with E-state index in [1.54, 1.807) is 12.1 Å². The van der Waals surface area contributed by atoms with Crippen molar-refractivity contribution >= 4 is 10.0 Å². The molecule has 108 valence electrons. The average molecular weight is 289 g/mol. The van der Waals surface area contributed by atoms with E-state index in [1.165, 1.54) is 33.5 Å². The van der Waals surface area contributed by atoms with Crippen LogP contribution in [0.15, 0.2) is 29.2 Å². The minimum Gasteiger partial charge on any atom is -0.497 e. The molecule has 0 spiro atoms. The summed E-state index contributed by atoms with van der Waals surface area (Å²) in [5.74, 6) is 0.609. The highest BCUT2D eigenvalue weighted by Crippen LogP contribution is 2.15. The third kappa shape index (κ3) is 4.79. The van der Waals surface area contributed by atoms with Gasteiger partial charge in [-0.25, -0.2) is 13.1 Å². The van der Waals surface area contributed by atoms with E-state index in [0.29, 0.717) is 12.2 Å². The van der Waals surface area contributed by atoms with Crippen LogP contribution in [0, 0.1) is 0 Å². The maximum absolute atomic E-state index is 12.0. The van der Waals surface area contributed by atoms with Crippen LogP contribution in [0.5, 0.6) is 5.75 Å². The molecule has 0 aliphatic heterocycles. The van der Waals surface area contributed by atoms with E-state index in [2.05, 4.69) is 4.72 Å². The van der Waals surface area contributed by atoms with E-state index in [1.807, 2.05) is 0 Å². The number of benzene rings is 1. The Labute approximate surface area is 113 Å². The molecular weight excluding hydrogens is 270 g/mol. The van der Waals surface area contributed by atoms with Crippen LogP contribution in [0.2, 0.25) is 0 Å². The summed E-state index contributed by atoms with van der Waals surface area (Å²) in [6, 6.07) is 6.18. The topological polar surface area (TPSA) is 73.9 Å². The zero-order valence-corrected chi connectivity index (χ0v) is 12.1. The van der Waals surface area contributed by atoms with Gasteiger partial charge in [0, 0.05) is 27.2 Å². The van der Waals surface area contributed by atoms with Crippen LogP contribution in [0.1, 0.15) is 6.42 Å². The molecule has 1 N–H and O–H groups in total. The normalized spacial score (nSPS) is 11.8. The summed E-state index contributed by atoms with van der Waals surface area (Å²) in [4.78, 5) is 0.194. The Bertz CT molecular complexity index is 467. The minimum absolute atomic E-state index is 0.194. The zero-order valence-electron chi connectivity index (χ0n) is 11.3. The summed E-state index contributed by atoms with van der Waals surface area (Å²) in [5, 5.41) is 0. The molecule has 0 radical (unpaired) electrons. The molecule has 19 heavy (non-hydrogen) atoms. The summed E-state index contributed by atoms with van der Waals surface area (Å²) in [6.07, 6.45) is 0.0149. The van der Waals surface area contributed by atoms with E-state index >= 15 is 0 Å². The van der Waals surface area contributed by atoms with Crippen molar-refractivity contribution in [3.8, 4) is 5.75 Å². The highest BCUT2D eigenvalue weighted by molar-refractivity contribution is 7.89. The molecule has 0 aliphatic rings. The van der Waals surface area contributed by atoms with Gasteiger partial charge in [0.25, 0.3) is 0 Å². The molecule has 6 nitrogen and oxygen atoms in total. The van der Waals surface area contributed by atoms with Gasteiger partial charge < -0.3 is 14.2 Å². The number of nitrogens with one attached hydrogen (secondary N) is 1. The Hall–Kier alpha value is -1.15. The monoisotopic (exact) mass is 289 g/mol. The van der Waals surface area contributed by atoms with Gasteiger partial charge in [-0.1, -0.05) is 0 Å². The fraction of sp³-hybridized carbons (Fsp3) is 0.500. The van der Waals surface area contributed by atoms with Gasteiger partial charge in [-0.2, -0.15) is 0 Å². The second kappa shape index (κ2) is 7.44. The summed E-state index contributed by atoms with van der Waals surface area (Å²) in [7, 11) is 1.02. The lowest BCUT2D eigenvalue weighted by atomic mass is 10.3. The Morgan fingerprint density at radius 3 is 2.16 bits per heavy atom. The molecule has 0 saturated heterocycles. The molecule has 0 bridgehead atoms. The Morgan fingerprint density at radius 1 is 1.11 bits per heavy atom. The molecule has 0 saturated carbocycles. The van der Waals surface area contributed by atoms with Crippen LogP contribution in [0.4, 0.5) is 0 Å². The maximum Gasteiger partial charge on any atom is 0.240 e. The molecule has 1 aromatic rings. The first-order valence-corrected chi connectivity index (χ1v) is 7.21. The SMILES string of the molecule is COc1ccc(S(=O)(=O)NCCC(OC)OC)cc1. The summed E-state index contributed by atoms with van der Waals surface area (Å²) >= 11 is 0. The lowest BCUT2D eigenvalue weighted by Crippen LogP contribution is -2.28. The lowest BCUT2D eigenvalue weighted by Gasteiger charge is -2.13. The van der Waals surface area contributed by atoms with E-state index in [-0.39, 0.29) is 11.4 Å². The highest BCUT2D eigenvalue weighted by Gasteiger charge is 2.14. The number of hydrogen-bond donors (Lipinski definition) is 1. The largest absolute Gasteiger partial charge is 0.497 e. The number of methoxy groups -OCH3 is 3. The zero-order chi connectivity index (χ0) is 14.3. The highest BCUT2D eigenvalue weighted by atomic mass is 32.2. The van der Waals surface area contributed by atoms with Crippen molar-refractivity contribution in [2.75, 3.05) is 27.9 Å². The molecule has 1 aromatic carbocycles. The summed E-state index contributed by atoms with van der Waals surface area (Å²) in [6.45, 7) is 0.237. The van der Waals surface area contributed by atoms with Crippen LogP contribution in [-0.2, 0) is 19.5 Å². The molecule has 0 fully saturated rings.